The van der Waals surface area contributed by atoms with Crippen LogP contribution in [0.4, 0.5) is 18.9 Å². The lowest BCUT2D eigenvalue weighted by Crippen LogP contribution is -2.20. The van der Waals surface area contributed by atoms with E-state index in [1.54, 1.807) is 6.07 Å². The highest BCUT2D eigenvalue weighted by Gasteiger charge is 2.34. The van der Waals surface area contributed by atoms with Gasteiger partial charge in [0.2, 0.25) is 0 Å². The average Bonchev–Trinajstić information content (AvgIpc) is 2.66. The van der Waals surface area contributed by atoms with E-state index in [0.29, 0.717) is 18.9 Å². The molecule has 0 amide bonds. The van der Waals surface area contributed by atoms with Crippen LogP contribution in [0.3, 0.4) is 0 Å². The van der Waals surface area contributed by atoms with Crippen molar-refractivity contribution < 1.29 is 17.9 Å². The van der Waals surface area contributed by atoms with Crippen LogP contribution in [0.25, 0.3) is 0 Å². The quantitative estimate of drug-likeness (QED) is 0.903. The van der Waals surface area contributed by atoms with Crippen LogP contribution in [0.2, 0.25) is 0 Å². The van der Waals surface area contributed by atoms with Gasteiger partial charge in [-0.2, -0.15) is 18.4 Å². The van der Waals surface area contributed by atoms with Crippen LogP contribution in [-0.2, 0) is 10.9 Å². The summed E-state index contributed by atoms with van der Waals surface area (Å²) >= 11 is 0. The van der Waals surface area contributed by atoms with Gasteiger partial charge in [0.25, 0.3) is 0 Å². The van der Waals surface area contributed by atoms with Crippen molar-refractivity contribution in [2.45, 2.75) is 31.5 Å². The molecule has 1 aliphatic heterocycles. The minimum Gasteiger partial charge on any atom is -0.382 e. The molecule has 0 spiro atoms. The standard InChI is InChI=1S/C14H15F3N2O/c15-14(16,17)13-8-12(4-3-10(13)9-18)19-11-2-1-6-20-7-5-11/h3-4,8,11,19H,1-2,5-7H2. The molecule has 0 aliphatic carbocycles. The highest BCUT2D eigenvalue weighted by Crippen LogP contribution is 2.33. The molecular formula is C14H15F3N2O. The van der Waals surface area contributed by atoms with E-state index >= 15 is 0 Å². The van der Waals surface area contributed by atoms with Gasteiger partial charge >= 0.3 is 6.18 Å². The van der Waals surface area contributed by atoms with E-state index in [9.17, 15) is 13.2 Å². The molecule has 0 saturated carbocycles. The van der Waals surface area contributed by atoms with E-state index in [-0.39, 0.29) is 11.6 Å². The average molecular weight is 284 g/mol. The molecule has 3 nitrogen and oxygen atoms in total. The fourth-order valence-electron chi connectivity index (χ4n) is 2.25. The fraction of sp³-hybridized carbons (Fsp3) is 0.500. The lowest BCUT2D eigenvalue weighted by Gasteiger charge is -2.18. The van der Waals surface area contributed by atoms with Crippen molar-refractivity contribution >= 4 is 5.69 Å². The number of anilines is 1. The van der Waals surface area contributed by atoms with Crippen molar-refractivity contribution in [3.05, 3.63) is 29.3 Å². The van der Waals surface area contributed by atoms with Gasteiger partial charge in [-0.15, -0.1) is 0 Å². The van der Waals surface area contributed by atoms with Gasteiger partial charge in [0.15, 0.2) is 0 Å². The molecule has 0 radical (unpaired) electrons. The van der Waals surface area contributed by atoms with Crippen molar-refractivity contribution in [3.63, 3.8) is 0 Å². The Morgan fingerprint density at radius 3 is 2.75 bits per heavy atom. The summed E-state index contributed by atoms with van der Waals surface area (Å²) in [5, 5.41) is 11.8. The Morgan fingerprint density at radius 2 is 2.05 bits per heavy atom. The molecule has 1 atom stereocenters. The van der Waals surface area contributed by atoms with Gasteiger partial charge < -0.3 is 10.1 Å². The fourth-order valence-corrected chi connectivity index (χ4v) is 2.25. The Bertz CT molecular complexity index is 500. The first-order chi connectivity index (χ1) is 9.50. The van der Waals surface area contributed by atoms with Crippen molar-refractivity contribution in [1.29, 1.82) is 5.26 Å². The molecule has 1 heterocycles. The van der Waals surface area contributed by atoms with E-state index in [0.717, 1.165) is 25.3 Å². The maximum absolute atomic E-state index is 12.9. The molecule has 0 bridgehead atoms. The van der Waals surface area contributed by atoms with Gasteiger partial charge in [0, 0.05) is 24.9 Å². The van der Waals surface area contributed by atoms with Crippen molar-refractivity contribution in [2.75, 3.05) is 18.5 Å². The van der Waals surface area contributed by atoms with E-state index < -0.39 is 11.7 Å². The second-order valence-electron chi connectivity index (χ2n) is 4.75. The van der Waals surface area contributed by atoms with Crippen molar-refractivity contribution in [3.8, 4) is 6.07 Å². The zero-order valence-electron chi connectivity index (χ0n) is 10.8. The van der Waals surface area contributed by atoms with Crippen LogP contribution < -0.4 is 5.32 Å². The molecular weight excluding hydrogens is 269 g/mol. The van der Waals surface area contributed by atoms with Crippen LogP contribution in [0.1, 0.15) is 30.4 Å². The molecule has 1 fully saturated rings. The van der Waals surface area contributed by atoms with Crippen LogP contribution in [0, 0.1) is 11.3 Å². The summed E-state index contributed by atoms with van der Waals surface area (Å²) in [7, 11) is 0. The second-order valence-corrected chi connectivity index (χ2v) is 4.75. The lowest BCUT2D eigenvalue weighted by atomic mass is 10.1. The zero-order chi connectivity index (χ0) is 14.6. The molecule has 6 heteroatoms. The first-order valence-corrected chi connectivity index (χ1v) is 6.46. The minimum absolute atomic E-state index is 0.103. The Hall–Kier alpha value is -1.74. The van der Waals surface area contributed by atoms with Gasteiger partial charge in [-0.1, -0.05) is 0 Å². The second kappa shape index (κ2) is 6.14. The maximum atomic E-state index is 12.9. The van der Waals surface area contributed by atoms with Gasteiger partial charge in [-0.05, 0) is 37.5 Å². The SMILES string of the molecule is N#Cc1ccc(NC2CCCOCC2)cc1C(F)(F)F. The molecule has 1 unspecified atom stereocenters. The summed E-state index contributed by atoms with van der Waals surface area (Å²) in [6.07, 6.45) is -2.00. The Morgan fingerprint density at radius 1 is 1.25 bits per heavy atom. The third-order valence-electron chi connectivity index (χ3n) is 3.27. The Kier molecular flexibility index (Phi) is 4.50. The molecule has 1 aromatic carbocycles. The third kappa shape index (κ3) is 3.64. The number of alkyl halides is 3. The van der Waals surface area contributed by atoms with Crippen LogP contribution >= 0.6 is 0 Å². The number of ether oxygens (including phenoxy) is 1. The number of nitrogens with one attached hydrogen (secondary N) is 1. The lowest BCUT2D eigenvalue weighted by molar-refractivity contribution is -0.137. The van der Waals surface area contributed by atoms with Gasteiger partial charge in [-0.25, -0.2) is 0 Å². The summed E-state index contributed by atoms with van der Waals surface area (Å²) in [6.45, 7) is 1.30. The first kappa shape index (κ1) is 14.7. The number of hydrogen-bond donors (Lipinski definition) is 1. The van der Waals surface area contributed by atoms with E-state index in [4.69, 9.17) is 10.00 Å². The Labute approximate surface area is 115 Å². The number of benzene rings is 1. The number of halogens is 3. The highest BCUT2D eigenvalue weighted by atomic mass is 19.4. The van der Waals surface area contributed by atoms with E-state index in [2.05, 4.69) is 5.32 Å². The molecule has 108 valence electrons. The van der Waals surface area contributed by atoms with Crippen LogP contribution in [0.5, 0.6) is 0 Å². The molecule has 1 aliphatic rings. The number of hydrogen-bond acceptors (Lipinski definition) is 3. The predicted octanol–water partition coefficient (Wildman–Crippen LogP) is 3.56. The first-order valence-electron chi connectivity index (χ1n) is 6.46. The number of nitriles is 1. The summed E-state index contributed by atoms with van der Waals surface area (Å²) in [5.74, 6) is 0. The largest absolute Gasteiger partial charge is 0.417 e. The highest BCUT2D eigenvalue weighted by molar-refractivity contribution is 5.53. The van der Waals surface area contributed by atoms with Gasteiger partial charge in [0.1, 0.15) is 0 Å². The molecule has 0 aromatic heterocycles. The predicted molar refractivity (Wildman–Crippen MR) is 68.2 cm³/mol. The van der Waals surface area contributed by atoms with Crippen molar-refractivity contribution in [2.24, 2.45) is 0 Å². The maximum Gasteiger partial charge on any atom is 0.417 e. The number of nitrogens with zero attached hydrogens (tertiary/aromatic N) is 1. The van der Waals surface area contributed by atoms with Crippen LogP contribution in [0.15, 0.2) is 18.2 Å². The van der Waals surface area contributed by atoms with E-state index in [1.165, 1.54) is 12.1 Å². The molecule has 2 rings (SSSR count). The molecule has 20 heavy (non-hydrogen) atoms. The minimum atomic E-state index is -4.52. The molecule has 1 aromatic rings. The summed E-state index contributed by atoms with van der Waals surface area (Å²) in [4.78, 5) is 0. The molecule has 1 N–H and O–H groups in total. The van der Waals surface area contributed by atoms with E-state index in [1.807, 2.05) is 0 Å². The van der Waals surface area contributed by atoms with Gasteiger partial charge in [0.05, 0.1) is 17.2 Å². The Balaban J connectivity index is 2.18. The van der Waals surface area contributed by atoms with Crippen LogP contribution in [-0.4, -0.2) is 19.3 Å². The zero-order valence-corrected chi connectivity index (χ0v) is 10.8. The normalized spacial score (nSPS) is 20.0. The topological polar surface area (TPSA) is 45.0 Å². The number of rotatable bonds is 2. The summed E-state index contributed by atoms with van der Waals surface area (Å²) in [6, 6.07) is 5.40. The third-order valence-corrected chi connectivity index (χ3v) is 3.27. The summed E-state index contributed by atoms with van der Waals surface area (Å²) in [5.41, 5.74) is -0.856. The monoisotopic (exact) mass is 284 g/mol. The smallest absolute Gasteiger partial charge is 0.382 e. The molecule has 1 saturated heterocycles. The summed E-state index contributed by atoms with van der Waals surface area (Å²) < 4.78 is 43.9. The van der Waals surface area contributed by atoms with Gasteiger partial charge in [-0.3, -0.25) is 0 Å². The van der Waals surface area contributed by atoms with Crippen molar-refractivity contribution in [1.82, 2.24) is 0 Å².